The van der Waals surface area contributed by atoms with Crippen LogP contribution in [0.2, 0.25) is 0 Å². The Morgan fingerprint density at radius 3 is 1.81 bits per heavy atom. The average Bonchev–Trinajstić information content (AvgIpc) is 3.91. The summed E-state index contributed by atoms with van der Waals surface area (Å²) in [5.41, 5.74) is 4.25. The van der Waals surface area contributed by atoms with Crippen LogP contribution in [0, 0.1) is 24.4 Å². The highest BCUT2D eigenvalue weighted by Crippen LogP contribution is 2.25. The first kappa shape index (κ1) is 41.1. The summed E-state index contributed by atoms with van der Waals surface area (Å²) in [5, 5.41) is 7.41. The van der Waals surface area contributed by atoms with Crippen molar-refractivity contribution < 1.29 is 22.8 Å². The number of hydrogen-bond acceptors (Lipinski definition) is 10. The topological polar surface area (TPSA) is 123 Å². The molecule has 0 radical (unpaired) electrons. The van der Waals surface area contributed by atoms with E-state index in [1.807, 2.05) is 43.0 Å². The molecule has 17 heteroatoms. The molecule has 0 aliphatic carbocycles. The summed E-state index contributed by atoms with van der Waals surface area (Å²) < 4.78 is 48.2. The first-order valence-corrected chi connectivity index (χ1v) is 20.7. The summed E-state index contributed by atoms with van der Waals surface area (Å²) >= 11 is 2.69. The zero-order valence-electron chi connectivity index (χ0n) is 32.5. The molecule has 306 valence electrons. The first-order chi connectivity index (χ1) is 28.6. The van der Waals surface area contributed by atoms with Crippen molar-refractivity contribution in [3.8, 4) is 0 Å². The molecule has 2 aliphatic heterocycles. The number of rotatable bonds is 8. The van der Waals surface area contributed by atoms with Crippen molar-refractivity contribution in [1.29, 1.82) is 0 Å². The molecule has 59 heavy (non-hydrogen) atoms. The van der Waals surface area contributed by atoms with Crippen LogP contribution >= 0.6 is 23.1 Å². The third kappa shape index (κ3) is 11.1. The van der Waals surface area contributed by atoms with Gasteiger partial charge < -0.3 is 30.2 Å². The zero-order valence-corrected chi connectivity index (χ0v) is 34.2. The van der Waals surface area contributed by atoms with Crippen LogP contribution in [0.3, 0.4) is 0 Å². The summed E-state index contributed by atoms with van der Waals surface area (Å²) in [5.74, 6) is 0.529. The van der Waals surface area contributed by atoms with Gasteiger partial charge in [0.2, 0.25) is 10.3 Å². The number of para-hydroxylation sites is 1. The number of amides is 4. The molecule has 6 aromatic rings. The highest BCUT2D eigenvalue weighted by molar-refractivity contribution is 7.10. The SMILES string of the molecule is Cc1ccccc1NC(=O)N1CCN(c2nc(Cc3ccc(F)cc3)ns2)CC1C.O=C(Nc1cccc(F)c1)N1CCN(c2nc(Cc3ccc(F)cc3)ns2)CC1. The molecular formula is C42H43F3N10O2S2. The van der Waals surface area contributed by atoms with Crippen molar-refractivity contribution in [3.05, 3.63) is 143 Å². The summed E-state index contributed by atoms with van der Waals surface area (Å²) in [6.07, 6.45) is 1.12. The Bertz CT molecular complexity index is 2340. The number of nitrogens with one attached hydrogen (secondary N) is 2. The van der Waals surface area contributed by atoms with Gasteiger partial charge in [0.05, 0.1) is 0 Å². The number of aryl methyl sites for hydroxylation is 1. The van der Waals surface area contributed by atoms with Gasteiger partial charge >= 0.3 is 12.1 Å². The molecule has 4 aromatic carbocycles. The fraction of sp³-hybridized carbons (Fsp3) is 0.286. The van der Waals surface area contributed by atoms with E-state index in [0.29, 0.717) is 70.2 Å². The summed E-state index contributed by atoms with van der Waals surface area (Å²) in [6, 6.07) is 26.1. The predicted octanol–water partition coefficient (Wildman–Crippen LogP) is 8.08. The van der Waals surface area contributed by atoms with Crippen LogP contribution in [0.25, 0.3) is 0 Å². The van der Waals surface area contributed by atoms with Gasteiger partial charge in [-0.25, -0.2) is 32.7 Å². The molecular weight excluding hydrogens is 798 g/mol. The lowest BCUT2D eigenvalue weighted by Crippen LogP contribution is -2.55. The molecule has 8 rings (SSSR count). The maximum absolute atomic E-state index is 13.3. The van der Waals surface area contributed by atoms with E-state index in [1.165, 1.54) is 59.5 Å². The summed E-state index contributed by atoms with van der Waals surface area (Å²) in [4.78, 5) is 42.2. The van der Waals surface area contributed by atoms with E-state index in [1.54, 1.807) is 41.3 Å². The van der Waals surface area contributed by atoms with Crippen LogP contribution in [-0.4, -0.2) is 92.4 Å². The second kappa shape index (κ2) is 19.1. The second-order valence-corrected chi connectivity index (χ2v) is 15.7. The monoisotopic (exact) mass is 840 g/mol. The van der Waals surface area contributed by atoms with Crippen molar-refractivity contribution in [2.45, 2.75) is 32.7 Å². The van der Waals surface area contributed by atoms with Crippen molar-refractivity contribution in [2.24, 2.45) is 0 Å². The Labute approximate surface area is 348 Å². The van der Waals surface area contributed by atoms with Gasteiger partial charge in [0.15, 0.2) is 0 Å². The molecule has 0 spiro atoms. The number of carbonyl (C=O) groups is 2. The van der Waals surface area contributed by atoms with Crippen LogP contribution in [0.15, 0.2) is 97.1 Å². The zero-order chi connectivity index (χ0) is 41.3. The molecule has 2 aromatic heterocycles. The Morgan fingerprint density at radius 1 is 0.661 bits per heavy atom. The summed E-state index contributed by atoms with van der Waals surface area (Å²) in [7, 11) is 0. The molecule has 2 aliphatic rings. The predicted molar refractivity (Wildman–Crippen MR) is 226 cm³/mol. The Hall–Kier alpha value is -6.07. The summed E-state index contributed by atoms with van der Waals surface area (Å²) in [6.45, 7) is 8.40. The number of piperazine rings is 2. The van der Waals surface area contributed by atoms with E-state index < -0.39 is 0 Å². The third-order valence-electron chi connectivity index (χ3n) is 9.92. The van der Waals surface area contributed by atoms with Crippen LogP contribution in [0.1, 0.15) is 35.3 Å². The highest BCUT2D eigenvalue weighted by atomic mass is 32.1. The first-order valence-electron chi connectivity index (χ1n) is 19.1. The number of halogens is 3. The molecule has 2 fully saturated rings. The van der Waals surface area contributed by atoms with E-state index in [-0.39, 0.29) is 35.6 Å². The minimum absolute atomic E-state index is 0.0483. The van der Waals surface area contributed by atoms with Gasteiger partial charge in [-0.1, -0.05) is 48.5 Å². The van der Waals surface area contributed by atoms with Gasteiger partial charge in [-0.2, -0.15) is 8.75 Å². The molecule has 12 nitrogen and oxygen atoms in total. The maximum Gasteiger partial charge on any atom is 0.322 e. The number of nitrogens with zero attached hydrogens (tertiary/aromatic N) is 8. The number of anilines is 4. The van der Waals surface area contributed by atoms with Crippen LogP contribution in [-0.2, 0) is 12.8 Å². The minimum Gasteiger partial charge on any atom is -0.343 e. The molecule has 2 saturated heterocycles. The molecule has 0 saturated carbocycles. The molecule has 1 atom stereocenters. The molecule has 0 bridgehead atoms. The van der Waals surface area contributed by atoms with Crippen molar-refractivity contribution >= 4 is 56.8 Å². The fourth-order valence-electron chi connectivity index (χ4n) is 6.66. The Kier molecular flexibility index (Phi) is 13.3. The van der Waals surface area contributed by atoms with E-state index in [0.717, 1.165) is 38.5 Å². The van der Waals surface area contributed by atoms with Crippen molar-refractivity contribution in [3.63, 3.8) is 0 Å². The molecule has 1 unspecified atom stereocenters. The maximum atomic E-state index is 13.3. The lowest BCUT2D eigenvalue weighted by molar-refractivity contribution is 0.185. The van der Waals surface area contributed by atoms with E-state index >= 15 is 0 Å². The molecule has 4 heterocycles. The smallest absolute Gasteiger partial charge is 0.322 e. The number of carbonyl (C=O) groups excluding carboxylic acids is 2. The van der Waals surface area contributed by atoms with E-state index in [2.05, 4.69) is 39.1 Å². The van der Waals surface area contributed by atoms with Gasteiger partial charge in [0.1, 0.15) is 29.1 Å². The Morgan fingerprint density at radius 2 is 1.24 bits per heavy atom. The fourth-order valence-corrected chi connectivity index (χ4v) is 8.12. The van der Waals surface area contributed by atoms with Crippen LogP contribution in [0.5, 0.6) is 0 Å². The van der Waals surface area contributed by atoms with Crippen molar-refractivity contribution in [2.75, 3.05) is 66.2 Å². The van der Waals surface area contributed by atoms with Gasteiger partial charge in [-0.05, 0) is 79.1 Å². The standard InChI is InChI=1S/C22H24FN5OS.C20H19F2N5OS/c1-15-5-3-4-6-19(15)24-21(29)28-12-11-27(14-16(28)2)22-25-20(26-30-22)13-17-7-9-18(23)10-8-17;21-15-6-4-14(5-7-15)12-18-24-20(29-25-18)27-10-8-26(9-11-27)19(28)23-17-3-1-2-16(22)13-17/h3-10,16H,11-14H2,1-2H3,(H,24,29);1-7,13H,8-12H2,(H,23,28). The number of hydrogen-bond donors (Lipinski definition) is 2. The average molecular weight is 841 g/mol. The van der Waals surface area contributed by atoms with Gasteiger partial charge in [0, 0.05) is 99.1 Å². The lowest BCUT2D eigenvalue weighted by atomic mass is 10.1. The van der Waals surface area contributed by atoms with Crippen molar-refractivity contribution in [1.82, 2.24) is 28.5 Å². The number of urea groups is 2. The normalized spacial score (nSPS) is 15.4. The van der Waals surface area contributed by atoms with E-state index in [4.69, 9.17) is 0 Å². The third-order valence-corrected chi connectivity index (χ3v) is 11.6. The molecule has 2 N–H and O–H groups in total. The quantitative estimate of drug-likeness (QED) is 0.158. The molecule has 4 amide bonds. The minimum atomic E-state index is -0.389. The van der Waals surface area contributed by atoms with Gasteiger partial charge in [0.25, 0.3) is 0 Å². The highest BCUT2D eigenvalue weighted by Gasteiger charge is 2.29. The van der Waals surface area contributed by atoms with Gasteiger partial charge in [-0.15, -0.1) is 0 Å². The second-order valence-electron chi connectivity index (χ2n) is 14.2. The Balaban J connectivity index is 0.000000179. The lowest BCUT2D eigenvalue weighted by Gasteiger charge is -2.39. The largest absolute Gasteiger partial charge is 0.343 e. The number of aromatic nitrogens is 4. The van der Waals surface area contributed by atoms with Crippen LogP contribution < -0.4 is 20.4 Å². The van der Waals surface area contributed by atoms with E-state index in [9.17, 15) is 22.8 Å². The van der Waals surface area contributed by atoms with Gasteiger partial charge in [-0.3, -0.25) is 0 Å². The number of benzene rings is 4. The van der Waals surface area contributed by atoms with Crippen LogP contribution in [0.4, 0.5) is 44.4 Å².